The number of aliphatic carboxylic acids is 1. The molecule has 1 unspecified atom stereocenters. The maximum Gasteiger partial charge on any atom is 0.306 e. The first-order valence-corrected chi connectivity index (χ1v) is 9.41. The second kappa shape index (κ2) is 8.86. The van der Waals surface area contributed by atoms with E-state index in [2.05, 4.69) is 36.1 Å². The summed E-state index contributed by atoms with van der Waals surface area (Å²) in [6.45, 7) is 4.38. The largest absolute Gasteiger partial charge is 0.489 e. The van der Waals surface area contributed by atoms with Gasteiger partial charge in [-0.1, -0.05) is 55.5 Å². The first-order valence-electron chi connectivity index (χ1n) is 9.41. The molecular weight excluding hydrogens is 326 g/mol. The minimum absolute atomic E-state index is 0.201. The Morgan fingerprint density at radius 2 is 1.77 bits per heavy atom. The zero-order chi connectivity index (χ0) is 18.4. The van der Waals surface area contributed by atoms with Gasteiger partial charge in [-0.2, -0.15) is 0 Å². The minimum Gasteiger partial charge on any atom is -0.489 e. The lowest BCUT2D eigenvalue weighted by Crippen LogP contribution is -2.38. The number of hydrogen-bond donors (Lipinski definition) is 1. The van der Waals surface area contributed by atoms with Crippen LogP contribution in [0.2, 0.25) is 0 Å². The zero-order valence-electron chi connectivity index (χ0n) is 15.3. The maximum absolute atomic E-state index is 11.2. The molecule has 1 fully saturated rings. The molecule has 1 saturated heterocycles. The van der Waals surface area contributed by atoms with Gasteiger partial charge in [0.1, 0.15) is 12.4 Å². The molecular formula is C22H27NO3. The smallest absolute Gasteiger partial charge is 0.306 e. The molecule has 1 aliphatic rings. The van der Waals surface area contributed by atoms with Crippen LogP contribution in [0.25, 0.3) is 0 Å². The Labute approximate surface area is 155 Å². The quantitative estimate of drug-likeness (QED) is 0.795. The molecule has 0 spiro atoms. The summed E-state index contributed by atoms with van der Waals surface area (Å²) in [7, 11) is 0. The van der Waals surface area contributed by atoms with Crippen LogP contribution >= 0.6 is 0 Å². The highest BCUT2D eigenvalue weighted by Gasteiger charge is 2.29. The van der Waals surface area contributed by atoms with Crippen molar-refractivity contribution < 1.29 is 14.6 Å². The number of carboxylic acids is 1. The average Bonchev–Trinajstić information content (AvgIpc) is 2.69. The zero-order valence-corrected chi connectivity index (χ0v) is 15.3. The van der Waals surface area contributed by atoms with Crippen molar-refractivity contribution in [1.29, 1.82) is 0 Å². The lowest BCUT2D eigenvalue weighted by Gasteiger charge is -2.37. The van der Waals surface area contributed by atoms with Gasteiger partial charge in [0.2, 0.25) is 0 Å². The lowest BCUT2D eigenvalue weighted by atomic mass is 9.93. The number of benzene rings is 2. The number of likely N-dealkylation sites (tertiary alicyclic amines) is 1. The Bertz CT molecular complexity index is 708. The summed E-state index contributed by atoms with van der Waals surface area (Å²) in [5.41, 5.74) is 2.34. The molecule has 0 saturated carbocycles. The van der Waals surface area contributed by atoms with Gasteiger partial charge >= 0.3 is 5.97 Å². The van der Waals surface area contributed by atoms with Crippen LogP contribution in [0, 0.1) is 5.92 Å². The number of piperidine rings is 1. The van der Waals surface area contributed by atoms with Crippen molar-refractivity contribution in [2.24, 2.45) is 5.92 Å². The molecule has 0 bridgehead atoms. The number of carboxylic acid groups (broad SMARTS) is 1. The van der Waals surface area contributed by atoms with Crippen LogP contribution in [0.1, 0.15) is 43.4 Å². The fourth-order valence-corrected chi connectivity index (χ4v) is 3.76. The summed E-state index contributed by atoms with van der Waals surface area (Å²) in [5.74, 6) is 0.0567. The number of hydrogen-bond acceptors (Lipinski definition) is 3. The van der Waals surface area contributed by atoms with Gasteiger partial charge < -0.3 is 9.84 Å². The van der Waals surface area contributed by atoms with Gasteiger partial charge in [0, 0.05) is 11.6 Å². The monoisotopic (exact) mass is 353 g/mol. The lowest BCUT2D eigenvalue weighted by molar-refractivity contribution is -0.143. The van der Waals surface area contributed by atoms with E-state index in [1.54, 1.807) is 0 Å². The van der Waals surface area contributed by atoms with Crippen LogP contribution in [-0.2, 0) is 11.4 Å². The summed E-state index contributed by atoms with van der Waals surface area (Å²) in [6, 6.07) is 18.7. The van der Waals surface area contributed by atoms with Gasteiger partial charge in [-0.15, -0.1) is 0 Å². The number of nitrogens with zero attached hydrogens (tertiary/aromatic N) is 1. The van der Waals surface area contributed by atoms with Crippen molar-refractivity contribution >= 4 is 5.97 Å². The van der Waals surface area contributed by atoms with E-state index < -0.39 is 5.97 Å². The highest BCUT2D eigenvalue weighted by atomic mass is 16.5. The Balaban J connectivity index is 1.71. The molecule has 0 radical (unpaired) electrons. The third-order valence-electron chi connectivity index (χ3n) is 5.22. The van der Waals surface area contributed by atoms with Crippen LogP contribution in [0.4, 0.5) is 0 Å². The third-order valence-corrected chi connectivity index (χ3v) is 5.22. The van der Waals surface area contributed by atoms with E-state index in [1.807, 2.05) is 30.3 Å². The van der Waals surface area contributed by atoms with Crippen LogP contribution in [-0.4, -0.2) is 29.1 Å². The summed E-state index contributed by atoms with van der Waals surface area (Å²) < 4.78 is 6.14. The molecule has 4 heteroatoms. The molecule has 0 amide bonds. The van der Waals surface area contributed by atoms with Crippen LogP contribution < -0.4 is 4.74 Å². The number of para-hydroxylation sites is 1. The SMILES string of the molecule is CCC(c1ccccc1OCc1ccccc1)N1CCC(C(=O)O)CC1. The molecule has 3 rings (SSSR count). The van der Waals surface area contributed by atoms with Crippen molar-refractivity contribution in [2.45, 2.75) is 38.8 Å². The number of ether oxygens (including phenoxy) is 1. The van der Waals surface area contributed by atoms with Crippen LogP contribution in [0.3, 0.4) is 0 Å². The van der Waals surface area contributed by atoms with Crippen molar-refractivity contribution in [3.8, 4) is 5.75 Å². The van der Waals surface area contributed by atoms with E-state index in [0.29, 0.717) is 6.61 Å². The van der Waals surface area contributed by atoms with Crippen molar-refractivity contribution in [1.82, 2.24) is 4.90 Å². The van der Waals surface area contributed by atoms with E-state index in [0.717, 1.165) is 43.7 Å². The number of rotatable bonds is 7. The summed E-state index contributed by atoms with van der Waals surface area (Å²) in [4.78, 5) is 13.6. The van der Waals surface area contributed by atoms with Gasteiger partial charge in [-0.05, 0) is 44.0 Å². The normalized spacial score (nSPS) is 17.0. The second-order valence-electron chi connectivity index (χ2n) is 6.88. The molecule has 2 aromatic rings. The Hall–Kier alpha value is -2.33. The van der Waals surface area contributed by atoms with Crippen molar-refractivity contribution in [2.75, 3.05) is 13.1 Å². The Kier molecular flexibility index (Phi) is 6.29. The fraction of sp³-hybridized carbons (Fsp3) is 0.409. The maximum atomic E-state index is 11.2. The summed E-state index contributed by atoms with van der Waals surface area (Å²) in [5, 5.41) is 9.22. The van der Waals surface area contributed by atoms with Crippen LogP contribution in [0.5, 0.6) is 5.75 Å². The molecule has 1 aliphatic heterocycles. The molecule has 0 aromatic heterocycles. The van der Waals surface area contributed by atoms with Gasteiger partial charge in [0.05, 0.1) is 5.92 Å². The van der Waals surface area contributed by atoms with Crippen molar-refractivity contribution in [3.63, 3.8) is 0 Å². The Morgan fingerprint density at radius 1 is 1.12 bits per heavy atom. The second-order valence-corrected chi connectivity index (χ2v) is 6.88. The first-order chi connectivity index (χ1) is 12.7. The Morgan fingerprint density at radius 3 is 2.42 bits per heavy atom. The van der Waals surface area contributed by atoms with Gasteiger partial charge in [0.25, 0.3) is 0 Å². The van der Waals surface area contributed by atoms with Gasteiger partial charge in [-0.3, -0.25) is 9.69 Å². The van der Waals surface area contributed by atoms with E-state index in [-0.39, 0.29) is 12.0 Å². The molecule has 1 atom stereocenters. The molecule has 26 heavy (non-hydrogen) atoms. The number of carbonyl (C=O) groups is 1. The summed E-state index contributed by atoms with van der Waals surface area (Å²) in [6.07, 6.45) is 2.42. The van der Waals surface area contributed by atoms with E-state index in [4.69, 9.17) is 4.74 Å². The molecule has 4 nitrogen and oxygen atoms in total. The minimum atomic E-state index is -0.663. The first kappa shape index (κ1) is 18.5. The summed E-state index contributed by atoms with van der Waals surface area (Å²) >= 11 is 0. The molecule has 0 aliphatic carbocycles. The molecule has 138 valence electrons. The highest BCUT2D eigenvalue weighted by molar-refractivity contribution is 5.70. The standard InChI is InChI=1S/C22H27NO3/c1-2-20(23-14-12-18(13-15-23)22(24)25)19-10-6-7-11-21(19)26-16-17-8-4-3-5-9-17/h3-11,18,20H,2,12-16H2,1H3,(H,24,25). The topological polar surface area (TPSA) is 49.8 Å². The van der Waals surface area contributed by atoms with Crippen molar-refractivity contribution in [3.05, 3.63) is 65.7 Å². The third kappa shape index (κ3) is 4.44. The molecule has 2 aromatic carbocycles. The predicted octanol–water partition coefficient (Wildman–Crippen LogP) is 4.51. The van der Waals surface area contributed by atoms with Gasteiger partial charge in [-0.25, -0.2) is 0 Å². The van der Waals surface area contributed by atoms with E-state index in [9.17, 15) is 9.90 Å². The average molecular weight is 353 g/mol. The van der Waals surface area contributed by atoms with E-state index >= 15 is 0 Å². The van der Waals surface area contributed by atoms with Gasteiger partial charge in [0.15, 0.2) is 0 Å². The van der Waals surface area contributed by atoms with E-state index in [1.165, 1.54) is 5.56 Å². The van der Waals surface area contributed by atoms with Crippen LogP contribution in [0.15, 0.2) is 54.6 Å². The predicted molar refractivity (Wildman–Crippen MR) is 102 cm³/mol. The fourth-order valence-electron chi connectivity index (χ4n) is 3.76. The molecule has 1 N–H and O–H groups in total. The highest BCUT2D eigenvalue weighted by Crippen LogP contribution is 2.34. The molecule has 1 heterocycles.